The van der Waals surface area contributed by atoms with E-state index in [9.17, 15) is 0 Å². The van der Waals surface area contributed by atoms with Gasteiger partial charge in [-0.1, -0.05) is 24.6 Å². The first kappa shape index (κ1) is 15.7. The van der Waals surface area contributed by atoms with Crippen LogP contribution in [0, 0.1) is 5.92 Å². The van der Waals surface area contributed by atoms with Crippen molar-refractivity contribution in [2.75, 3.05) is 18.0 Å². The van der Waals surface area contributed by atoms with Crippen molar-refractivity contribution >= 4 is 17.3 Å². The highest BCUT2D eigenvalue weighted by atomic mass is 35.5. The van der Waals surface area contributed by atoms with Gasteiger partial charge in [-0.3, -0.25) is 0 Å². The summed E-state index contributed by atoms with van der Waals surface area (Å²) in [5.41, 5.74) is 2.67. The predicted molar refractivity (Wildman–Crippen MR) is 88.7 cm³/mol. The molecule has 112 valence electrons. The molecule has 1 N–H and O–H groups in total. The van der Waals surface area contributed by atoms with E-state index >= 15 is 0 Å². The third kappa shape index (κ3) is 4.39. The van der Waals surface area contributed by atoms with Gasteiger partial charge in [0.1, 0.15) is 0 Å². The molecule has 0 aromatic heterocycles. The standard InChI is InChI=1S/C17H27ClN2/c1-4-9-19-11-15-7-8-16(18)10-17(15)20(13(2)3)12-14-5-6-14/h7-8,10,13-14,19H,4-6,9,11-12H2,1-3H3. The van der Waals surface area contributed by atoms with E-state index in [1.165, 1.54) is 37.1 Å². The van der Waals surface area contributed by atoms with Gasteiger partial charge in [0, 0.05) is 29.8 Å². The van der Waals surface area contributed by atoms with E-state index in [1.54, 1.807) is 0 Å². The van der Waals surface area contributed by atoms with Crippen molar-refractivity contribution in [1.82, 2.24) is 5.32 Å². The van der Waals surface area contributed by atoms with Gasteiger partial charge in [-0.05, 0) is 63.3 Å². The lowest BCUT2D eigenvalue weighted by atomic mass is 10.1. The number of benzene rings is 1. The largest absolute Gasteiger partial charge is 0.369 e. The van der Waals surface area contributed by atoms with Crippen LogP contribution >= 0.6 is 11.6 Å². The maximum absolute atomic E-state index is 6.23. The van der Waals surface area contributed by atoms with Crippen molar-refractivity contribution in [3.8, 4) is 0 Å². The summed E-state index contributed by atoms with van der Waals surface area (Å²) >= 11 is 6.23. The molecule has 0 saturated heterocycles. The third-order valence-electron chi connectivity index (χ3n) is 3.87. The van der Waals surface area contributed by atoms with Crippen LogP contribution in [0.5, 0.6) is 0 Å². The molecule has 2 rings (SSSR count). The van der Waals surface area contributed by atoms with Crippen LogP contribution in [0.1, 0.15) is 45.6 Å². The molecule has 0 radical (unpaired) electrons. The summed E-state index contributed by atoms with van der Waals surface area (Å²) in [4.78, 5) is 2.52. The molecule has 0 bridgehead atoms. The summed E-state index contributed by atoms with van der Waals surface area (Å²) in [6.45, 7) is 9.89. The Kier molecular flexibility index (Phi) is 5.74. The van der Waals surface area contributed by atoms with Crippen molar-refractivity contribution in [2.45, 2.75) is 52.6 Å². The van der Waals surface area contributed by atoms with Crippen molar-refractivity contribution in [2.24, 2.45) is 5.92 Å². The van der Waals surface area contributed by atoms with Gasteiger partial charge in [-0.2, -0.15) is 0 Å². The molecule has 0 heterocycles. The van der Waals surface area contributed by atoms with Crippen molar-refractivity contribution < 1.29 is 0 Å². The molecular weight excluding hydrogens is 268 g/mol. The minimum Gasteiger partial charge on any atom is -0.369 e. The topological polar surface area (TPSA) is 15.3 Å². The number of hydrogen-bond acceptors (Lipinski definition) is 2. The molecular formula is C17H27ClN2. The van der Waals surface area contributed by atoms with E-state index in [-0.39, 0.29) is 0 Å². The van der Waals surface area contributed by atoms with Crippen LogP contribution in [-0.4, -0.2) is 19.1 Å². The Balaban J connectivity index is 2.18. The summed E-state index contributed by atoms with van der Waals surface area (Å²) in [6, 6.07) is 6.82. The second kappa shape index (κ2) is 7.33. The summed E-state index contributed by atoms with van der Waals surface area (Å²) in [5.74, 6) is 0.882. The predicted octanol–water partition coefficient (Wildman–Crippen LogP) is 4.46. The van der Waals surface area contributed by atoms with E-state index < -0.39 is 0 Å². The smallest absolute Gasteiger partial charge is 0.0429 e. The quantitative estimate of drug-likeness (QED) is 0.712. The molecule has 0 spiro atoms. The van der Waals surface area contributed by atoms with E-state index in [4.69, 9.17) is 11.6 Å². The van der Waals surface area contributed by atoms with Crippen LogP contribution < -0.4 is 10.2 Å². The Morgan fingerprint density at radius 3 is 2.70 bits per heavy atom. The molecule has 20 heavy (non-hydrogen) atoms. The lowest BCUT2D eigenvalue weighted by molar-refractivity contribution is 0.631. The van der Waals surface area contributed by atoms with Crippen molar-refractivity contribution in [3.63, 3.8) is 0 Å². The molecule has 1 aliphatic carbocycles. The van der Waals surface area contributed by atoms with Crippen LogP contribution in [0.2, 0.25) is 5.02 Å². The average Bonchev–Trinajstić information content (AvgIpc) is 3.21. The Labute approximate surface area is 128 Å². The Morgan fingerprint density at radius 1 is 1.35 bits per heavy atom. The van der Waals surface area contributed by atoms with E-state index in [2.05, 4.69) is 43.1 Å². The highest BCUT2D eigenvalue weighted by Gasteiger charge is 2.26. The van der Waals surface area contributed by atoms with Gasteiger partial charge < -0.3 is 10.2 Å². The maximum atomic E-state index is 6.23. The van der Waals surface area contributed by atoms with Gasteiger partial charge >= 0.3 is 0 Å². The summed E-state index contributed by atoms with van der Waals surface area (Å²) in [6.07, 6.45) is 3.93. The lowest BCUT2D eigenvalue weighted by Crippen LogP contribution is -2.34. The zero-order valence-corrected chi connectivity index (χ0v) is 13.7. The Morgan fingerprint density at radius 2 is 2.10 bits per heavy atom. The summed E-state index contributed by atoms with van der Waals surface area (Å²) in [5, 5.41) is 4.34. The number of nitrogens with zero attached hydrogens (tertiary/aromatic N) is 1. The zero-order valence-electron chi connectivity index (χ0n) is 13.0. The normalized spacial score (nSPS) is 14.8. The Hall–Kier alpha value is -0.730. The molecule has 1 saturated carbocycles. The van der Waals surface area contributed by atoms with Gasteiger partial charge in [-0.25, -0.2) is 0 Å². The van der Waals surface area contributed by atoms with E-state index in [0.717, 1.165) is 24.0 Å². The fourth-order valence-corrected chi connectivity index (χ4v) is 2.69. The number of hydrogen-bond donors (Lipinski definition) is 1. The zero-order chi connectivity index (χ0) is 14.5. The van der Waals surface area contributed by atoms with E-state index in [0.29, 0.717) is 6.04 Å². The number of rotatable bonds is 8. The minimum atomic E-state index is 0.513. The molecule has 2 nitrogen and oxygen atoms in total. The van der Waals surface area contributed by atoms with Crippen molar-refractivity contribution in [1.29, 1.82) is 0 Å². The molecule has 1 aromatic rings. The first-order chi connectivity index (χ1) is 9.61. The summed E-state index contributed by atoms with van der Waals surface area (Å²) < 4.78 is 0. The van der Waals surface area contributed by atoms with Crippen LogP contribution in [0.4, 0.5) is 5.69 Å². The van der Waals surface area contributed by atoms with E-state index in [1.807, 2.05) is 6.07 Å². The SMILES string of the molecule is CCCNCc1ccc(Cl)cc1N(CC1CC1)C(C)C. The first-order valence-electron chi connectivity index (χ1n) is 7.87. The van der Waals surface area contributed by atoms with Gasteiger partial charge in [0.2, 0.25) is 0 Å². The fourth-order valence-electron chi connectivity index (χ4n) is 2.52. The molecule has 1 aliphatic rings. The third-order valence-corrected chi connectivity index (χ3v) is 4.11. The minimum absolute atomic E-state index is 0.513. The highest BCUT2D eigenvalue weighted by Crippen LogP contribution is 2.34. The fraction of sp³-hybridized carbons (Fsp3) is 0.647. The van der Waals surface area contributed by atoms with Crippen LogP contribution in [-0.2, 0) is 6.54 Å². The van der Waals surface area contributed by atoms with Gasteiger partial charge in [0.05, 0.1) is 0 Å². The van der Waals surface area contributed by atoms with Gasteiger partial charge in [0.15, 0.2) is 0 Å². The summed E-state index contributed by atoms with van der Waals surface area (Å²) in [7, 11) is 0. The van der Waals surface area contributed by atoms with Gasteiger partial charge in [0.25, 0.3) is 0 Å². The first-order valence-corrected chi connectivity index (χ1v) is 8.25. The lowest BCUT2D eigenvalue weighted by Gasteiger charge is -2.31. The monoisotopic (exact) mass is 294 g/mol. The molecule has 1 aromatic carbocycles. The van der Waals surface area contributed by atoms with Gasteiger partial charge in [-0.15, -0.1) is 0 Å². The molecule has 0 atom stereocenters. The molecule has 0 aliphatic heterocycles. The molecule has 0 amide bonds. The number of anilines is 1. The molecule has 3 heteroatoms. The maximum Gasteiger partial charge on any atom is 0.0429 e. The van der Waals surface area contributed by atoms with Crippen LogP contribution in [0.15, 0.2) is 18.2 Å². The van der Waals surface area contributed by atoms with Crippen molar-refractivity contribution in [3.05, 3.63) is 28.8 Å². The average molecular weight is 295 g/mol. The Bertz CT molecular complexity index is 427. The second-order valence-electron chi connectivity index (χ2n) is 6.14. The number of nitrogens with one attached hydrogen (secondary N) is 1. The number of halogens is 1. The molecule has 1 fully saturated rings. The molecule has 0 unspecified atom stereocenters. The van der Waals surface area contributed by atoms with Crippen LogP contribution in [0.25, 0.3) is 0 Å². The van der Waals surface area contributed by atoms with Crippen LogP contribution in [0.3, 0.4) is 0 Å². The highest BCUT2D eigenvalue weighted by molar-refractivity contribution is 6.30. The second-order valence-corrected chi connectivity index (χ2v) is 6.58.